The van der Waals surface area contributed by atoms with Gasteiger partial charge in [0.1, 0.15) is 13.8 Å². The fraction of sp³-hybridized carbons (Fsp3) is 0.296. The summed E-state index contributed by atoms with van der Waals surface area (Å²) in [6, 6.07) is 19.1. The minimum absolute atomic E-state index is 0.179. The highest BCUT2D eigenvalue weighted by Crippen LogP contribution is 2.33. The van der Waals surface area contributed by atoms with E-state index in [0.29, 0.717) is 0 Å². The van der Waals surface area contributed by atoms with Crippen molar-refractivity contribution in [2.24, 2.45) is 0 Å². The van der Waals surface area contributed by atoms with Crippen LogP contribution in [-0.4, -0.2) is 41.1 Å². The number of likely N-dealkylation sites (N-methyl/N-ethyl adjacent to an activating group) is 1. The van der Waals surface area contributed by atoms with Gasteiger partial charge < -0.3 is 14.5 Å². The Balaban J connectivity index is 1.61. The molecule has 0 spiro atoms. The second kappa shape index (κ2) is 7.52. The van der Waals surface area contributed by atoms with E-state index in [1.54, 1.807) is 7.11 Å². The SMILES string of the molecule is CCN(c1ccc(OC)cc1)c1ccc2c(c1)[Si](C)(C)c1cc3c(cc1C2=O)CCN3C. The van der Waals surface area contributed by atoms with E-state index in [-0.39, 0.29) is 5.78 Å². The van der Waals surface area contributed by atoms with E-state index in [1.807, 2.05) is 12.1 Å². The number of hydrogen-bond acceptors (Lipinski definition) is 4. The van der Waals surface area contributed by atoms with Crippen LogP contribution in [0.1, 0.15) is 28.4 Å². The molecule has 164 valence electrons. The van der Waals surface area contributed by atoms with Gasteiger partial charge in [0.05, 0.1) is 7.11 Å². The highest BCUT2D eigenvalue weighted by Gasteiger charge is 2.40. The largest absolute Gasteiger partial charge is 0.497 e. The third-order valence-corrected chi connectivity index (χ3v) is 10.7. The maximum atomic E-state index is 13.5. The number of carbonyl (C=O) groups is 1. The summed E-state index contributed by atoms with van der Waals surface area (Å²) in [5, 5.41) is 2.51. The molecule has 2 heterocycles. The molecule has 0 N–H and O–H groups in total. The van der Waals surface area contributed by atoms with Crippen LogP contribution in [0.2, 0.25) is 13.1 Å². The van der Waals surface area contributed by atoms with Gasteiger partial charge in [-0.1, -0.05) is 13.1 Å². The lowest BCUT2D eigenvalue weighted by Crippen LogP contribution is -2.60. The van der Waals surface area contributed by atoms with Crippen LogP contribution in [0.4, 0.5) is 17.1 Å². The third-order valence-electron chi connectivity index (χ3n) is 7.20. The second-order valence-electron chi connectivity index (χ2n) is 9.32. The van der Waals surface area contributed by atoms with Crippen molar-refractivity contribution in [3.05, 3.63) is 71.3 Å². The van der Waals surface area contributed by atoms with Crippen LogP contribution in [0, 0.1) is 0 Å². The predicted molar refractivity (Wildman–Crippen MR) is 136 cm³/mol. The number of ketones is 1. The molecule has 0 amide bonds. The maximum absolute atomic E-state index is 13.5. The first kappa shape index (κ1) is 20.8. The quantitative estimate of drug-likeness (QED) is 0.567. The standard InChI is InChI=1S/C27H30N2O2Si/c1-6-29(19-7-10-21(31-3)11-8-19)20-9-12-22-25(16-20)32(4,5)26-17-24-18(13-14-28(24)2)15-23(26)27(22)30/h7-12,15-17H,6,13-14H2,1-5H3. The van der Waals surface area contributed by atoms with Gasteiger partial charge in [0.2, 0.25) is 0 Å². The van der Waals surface area contributed by atoms with Gasteiger partial charge in [-0.15, -0.1) is 0 Å². The van der Waals surface area contributed by atoms with Crippen molar-refractivity contribution in [3.8, 4) is 5.75 Å². The second-order valence-corrected chi connectivity index (χ2v) is 13.7. The monoisotopic (exact) mass is 442 g/mol. The van der Waals surface area contributed by atoms with Crippen molar-refractivity contribution in [1.29, 1.82) is 0 Å². The lowest BCUT2D eigenvalue weighted by Gasteiger charge is -2.35. The van der Waals surface area contributed by atoms with Gasteiger partial charge in [-0.25, -0.2) is 0 Å². The number of methoxy groups -OCH3 is 1. The zero-order chi connectivity index (χ0) is 22.6. The molecule has 5 rings (SSSR count). The fourth-order valence-corrected chi connectivity index (χ4v) is 8.31. The van der Waals surface area contributed by atoms with Crippen LogP contribution in [0.25, 0.3) is 0 Å². The van der Waals surface area contributed by atoms with Gasteiger partial charge in [-0.2, -0.15) is 0 Å². The molecule has 4 nitrogen and oxygen atoms in total. The molecule has 0 fully saturated rings. The van der Waals surface area contributed by atoms with Crippen LogP contribution in [0.3, 0.4) is 0 Å². The molecule has 0 radical (unpaired) electrons. The Labute approximate surface area is 191 Å². The highest BCUT2D eigenvalue weighted by atomic mass is 28.3. The Morgan fingerprint density at radius 2 is 1.66 bits per heavy atom. The lowest BCUT2D eigenvalue weighted by atomic mass is 9.98. The van der Waals surface area contributed by atoms with Crippen molar-refractivity contribution >= 4 is 41.3 Å². The van der Waals surface area contributed by atoms with Crippen molar-refractivity contribution in [3.63, 3.8) is 0 Å². The summed E-state index contributed by atoms with van der Waals surface area (Å²) in [5.41, 5.74) is 6.67. The van der Waals surface area contributed by atoms with Crippen LogP contribution >= 0.6 is 0 Å². The summed E-state index contributed by atoms with van der Waals surface area (Å²) in [4.78, 5) is 18.2. The smallest absolute Gasteiger partial charge is 0.192 e. The molecule has 32 heavy (non-hydrogen) atoms. The molecule has 0 aliphatic carbocycles. The first-order valence-electron chi connectivity index (χ1n) is 11.3. The van der Waals surface area contributed by atoms with E-state index in [2.05, 4.69) is 79.3 Å². The lowest BCUT2D eigenvalue weighted by molar-refractivity contribution is 0.104. The molecule has 0 atom stereocenters. The first-order chi connectivity index (χ1) is 15.3. The van der Waals surface area contributed by atoms with Gasteiger partial charge >= 0.3 is 0 Å². The van der Waals surface area contributed by atoms with Crippen LogP contribution in [0.5, 0.6) is 5.75 Å². The number of carbonyl (C=O) groups excluding carboxylic acids is 1. The van der Waals surface area contributed by atoms with Crippen molar-refractivity contribution in [1.82, 2.24) is 0 Å². The predicted octanol–water partition coefficient (Wildman–Crippen LogP) is 4.21. The zero-order valence-corrected chi connectivity index (χ0v) is 20.5. The summed E-state index contributed by atoms with van der Waals surface area (Å²) in [5.74, 6) is 1.03. The van der Waals surface area contributed by atoms with Crippen molar-refractivity contribution in [2.75, 3.05) is 37.0 Å². The van der Waals surface area contributed by atoms with Crippen LogP contribution in [0.15, 0.2) is 54.6 Å². The van der Waals surface area contributed by atoms with E-state index in [0.717, 1.165) is 47.8 Å². The van der Waals surface area contributed by atoms with Crippen molar-refractivity contribution < 1.29 is 9.53 Å². The molecule has 5 heteroatoms. The first-order valence-corrected chi connectivity index (χ1v) is 14.3. The average molecular weight is 443 g/mol. The van der Waals surface area contributed by atoms with Crippen molar-refractivity contribution in [2.45, 2.75) is 26.4 Å². The Hall–Kier alpha value is -3.05. The third kappa shape index (κ3) is 3.06. The normalized spacial score (nSPS) is 15.8. The molecule has 2 aliphatic heterocycles. The summed E-state index contributed by atoms with van der Waals surface area (Å²) in [6.45, 7) is 8.79. The van der Waals surface area contributed by atoms with Gasteiger partial charge in [-0.05, 0) is 83.9 Å². The summed E-state index contributed by atoms with van der Waals surface area (Å²) in [6.07, 6.45) is 1.02. The van der Waals surface area contributed by atoms with Gasteiger partial charge in [0.15, 0.2) is 5.78 Å². The molecule has 0 aromatic heterocycles. The molecule has 0 saturated carbocycles. The number of ether oxygens (including phenoxy) is 1. The Bertz CT molecular complexity index is 1220. The molecule has 2 aliphatic rings. The number of nitrogens with zero attached hydrogens (tertiary/aromatic N) is 2. The minimum atomic E-state index is -2.05. The van der Waals surface area contributed by atoms with E-state index in [4.69, 9.17) is 4.74 Å². The molecule has 0 saturated heterocycles. The van der Waals surface area contributed by atoms with E-state index in [9.17, 15) is 4.79 Å². The number of rotatable bonds is 4. The Morgan fingerprint density at radius 3 is 2.34 bits per heavy atom. The van der Waals surface area contributed by atoms with Gasteiger partial charge in [0.25, 0.3) is 0 Å². The number of hydrogen-bond donors (Lipinski definition) is 0. The average Bonchev–Trinajstić information content (AvgIpc) is 3.18. The maximum Gasteiger partial charge on any atom is 0.192 e. The van der Waals surface area contributed by atoms with Crippen LogP contribution in [-0.2, 0) is 6.42 Å². The number of anilines is 3. The molecular weight excluding hydrogens is 412 g/mol. The van der Waals surface area contributed by atoms with E-state index in [1.165, 1.54) is 21.6 Å². The van der Waals surface area contributed by atoms with E-state index >= 15 is 0 Å². The molecule has 3 aromatic carbocycles. The highest BCUT2D eigenvalue weighted by molar-refractivity contribution is 7.02. The summed E-state index contributed by atoms with van der Waals surface area (Å²) >= 11 is 0. The Morgan fingerprint density at radius 1 is 0.969 bits per heavy atom. The molecular formula is C27H30N2O2Si. The fourth-order valence-electron chi connectivity index (χ4n) is 5.28. The molecule has 0 unspecified atom stereocenters. The summed E-state index contributed by atoms with van der Waals surface area (Å²) in [7, 11) is 1.79. The molecule has 0 bridgehead atoms. The zero-order valence-electron chi connectivity index (χ0n) is 19.5. The summed E-state index contributed by atoms with van der Waals surface area (Å²) < 4.78 is 5.32. The Kier molecular flexibility index (Phi) is 4.89. The van der Waals surface area contributed by atoms with E-state index < -0.39 is 8.07 Å². The van der Waals surface area contributed by atoms with Gasteiger partial charge in [0, 0.05) is 48.3 Å². The minimum Gasteiger partial charge on any atom is -0.497 e. The van der Waals surface area contributed by atoms with Gasteiger partial charge in [-0.3, -0.25) is 4.79 Å². The number of fused-ring (bicyclic) bond motifs is 3. The van der Waals surface area contributed by atoms with Crippen LogP contribution < -0.4 is 24.9 Å². The topological polar surface area (TPSA) is 32.8 Å². The molecule has 3 aromatic rings. The number of benzene rings is 3.